The number of hydrogen-bond acceptors (Lipinski definition) is 3. The van der Waals surface area contributed by atoms with Crippen LogP contribution in [0.1, 0.15) is 24.9 Å². The summed E-state index contributed by atoms with van der Waals surface area (Å²) >= 11 is 6.07. The summed E-state index contributed by atoms with van der Waals surface area (Å²) in [5.74, 6) is -0.705. The van der Waals surface area contributed by atoms with Crippen LogP contribution >= 0.6 is 11.6 Å². The Morgan fingerprint density at radius 3 is 2.92 bits per heavy atom. The van der Waals surface area contributed by atoms with Gasteiger partial charge in [0.2, 0.25) is 11.8 Å². The molecule has 0 spiro atoms. The van der Waals surface area contributed by atoms with Gasteiger partial charge in [0.25, 0.3) is 0 Å². The van der Waals surface area contributed by atoms with Crippen LogP contribution in [0.4, 0.5) is 5.69 Å². The highest BCUT2D eigenvalue weighted by atomic mass is 35.5. The van der Waals surface area contributed by atoms with E-state index >= 15 is 0 Å². The van der Waals surface area contributed by atoms with Crippen molar-refractivity contribution < 1.29 is 9.59 Å². The van der Waals surface area contributed by atoms with Crippen LogP contribution in [-0.4, -0.2) is 33.5 Å². The number of nitrogens with one attached hydrogen (secondary N) is 1. The third-order valence-corrected chi connectivity index (χ3v) is 4.57. The Bertz CT molecular complexity index is 773. The molecule has 0 unspecified atom stereocenters. The molecule has 1 saturated heterocycles. The molecule has 1 aromatic carbocycles. The highest BCUT2D eigenvalue weighted by Crippen LogP contribution is 2.38. The van der Waals surface area contributed by atoms with Crippen LogP contribution in [0.25, 0.3) is 0 Å². The van der Waals surface area contributed by atoms with E-state index in [2.05, 4.69) is 10.4 Å². The van der Waals surface area contributed by atoms with Gasteiger partial charge >= 0.3 is 0 Å². The van der Waals surface area contributed by atoms with Crippen LogP contribution in [0.3, 0.4) is 0 Å². The maximum atomic E-state index is 12.7. The molecule has 24 heavy (non-hydrogen) atoms. The second-order valence-corrected chi connectivity index (χ2v) is 6.33. The molecule has 7 heteroatoms. The first kappa shape index (κ1) is 16.5. The number of benzene rings is 1. The second kappa shape index (κ2) is 6.65. The normalized spacial score (nSPS) is 20.5. The lowest BCUT2D eigenvalue weighted by molar-refractivity contribution is -0.127. The molecule has 2 aromatic rings. The molecule has 126 valence electrons. The number of likely N-dealkylation sites (tertiary alicyclic amines) is 1. The van der Waals surface area contributed by atoms with E-state index in [9.17, 15) is 9.59 Å². The minimum atomic E-state index is -0.467. The van der Waals surface area contributed by atoms with E-state index in [1.54, 1.807) is 41.2 Å². The van der Waals surface area contributed by atoms with Crippen LogP contribution in [0.5, 0.6) is 0 Å². The Morgan fingerprint density at radius 2 is 2.25 bits per heavy atom. The van der Waals surface area contributed by atoms with Crippen molar-refractivity contribution in [3.05, 3.63) is 47.2 Å². The standard InChI is InChI=1S/C17H19ClN4O2/c1-3-22-10-13(9-19-22)20-17(24)14-8-15(23)21(2)16(14)11-5-4-6-12(18)7-11/h4-7,9-10,14,16H,3,8H2,1-2H3,(H,20,24)/t14-,16-/m0/s1. The lowest BCUT2D eigenvalue weighted by Gasteiger charge is -2.25. The Hall–Kier alpha value is -2.34. The van der Waals surface area contributed by atoms with E-state index in [-0.39, 0.29) is 24.3 Å². The SMILES string of the molecule is CCn1cc(NC(=O)[C@H]2CC(=O)N(C)[C@H]2c2cccc(Cl)c2)cn1. The molecule has 3 rings (SSSR count). The number of anilines is 1. The summed E-state index contributed by atoms with van der Waals surface area (Å²) in [5.41, 5.74) is 1.49. The van der Waals surface area contributed by atoms with E-state index < -0.39 is 5.92 Å². The Kier molecular flexibility index (Phi) is 4.57. The van der Waals surface area contributed by atoms with Gasteiger partial charge < -0.3 is 10.2 Å². The van der Waals surface area contributed by atoms with E-state index in [4.69, 9.17) is 11.6 Å². The van der Waals surface area contributed by atoms with Crippen LogP contribution in [0.15, 0.2) is 36.7 Å². The lowest BCUT2D eigenvalue weighted by atomic mass is 9.93. The molecule has 1 N–H and O–H groups in total. The van der Waals surface area contributed by atoms with Gasteiger partial charge in [-0.05, 0) is 24.6 Å². The van der Waals surface area contributed by atoms with Crippen molar-refractivity contribution >= 4 is 29.1 Å². The number of halogens is 1. The minimum absolute atomic E-state index is 0.0515. The van der Waals surface area contributed by atoms with Gasteiger partial charge in [-0.1, -0.05) is 23.7 Å². The van der Waals surface area contributed by atoms with Crippen molar-refractivity contribution in [2.24, 2.45) is 5.92 Å². The van der Waals surface area contributed by atoms with Crippen molar-refractivity contribution in [1.29, 1.82) is 0 Å². The largest absolute Gasteiger partial charge is 0.338 e. The molecule has 2 atom stereocenters. The van der Waals surface area contributed by atoms with Crippen molar-refractivity contribution in [3.63, 3.8) is 0 Å². The highest BCUT2D eigenvalue weighted by Gasteiger charge is 2.42. The summed E-state index contributed by atoms with van der Waals surface area (Å²) < 4.78 is 1.73. The van der Waals surface area contributed by atoms with Gasteiger partial charge in [-0.3, -0.25) is 14.3 Å². The molecule has 2 amide bonds. The van der Waals surface area contributed by atoms with Gasteiger partial charge in [-0.2, -0.15) is 5.10 Å². The van der Waals surface area contributed by atoms with Gasteiger partial charge in [0.1, 0.15) is 0 Å². The molecule has 0 saturated carbocycles. The fraction of sp³-hybridized carbons (Fsp3) is 0.353. The summed E-state index contributed by atoms with van der Waals surface area (Å²) in [6.07, 6.45) is 3.56. The van der Waals surface area contributed by atoms with Gasteiger partial charge in [0, 0.05) is 31.2 Å². The summed E-state index contributed by atoms with van der Waals surface area (Å²) in [5, 5.41) is 7.59. The Labute approximate surface area is 145 Å². The average Bonchev–Trinajstić information content (AvgIpc) is 3.12. The molecular formula is C17H19ClN4O2. The Balaban J connectivity index is 1.84. The monoisotopic (exact) mass is 346 g/mol. The van der Waals surface area contributed by atoms with Gasteiger partial charge in [-0.15, -0.1) is 0 Å². The number of carbonyl (C=O) groups excluding carboxylic acids is 2. The summed E-state index contributed by atoms with van der Waals surface area (Å²) in [6, 6.07) is 6.97. The first-order valence-electron chi connectivity index (χ1n) is 7.84. The van der Waals surface area contributed by atoms with E-state index in [1.165, 1.54) is 0 Å². The number of amides is 2. The summed E-state index contributed by atoms with van der Waals surface area (Å²) in [6.45, 7) is 2.70. The molecular weight excluding hydrogens is 328 g/mol. The topological polar surface area (TPSA) is 67.2 Å². The first-order valence-corrected chi connectivity index (χ1v) is 8.22. The van der Waals surface area contributed by atoms with Crippen LogP contribution in [0, 0.1) is 5.92 Å². The van der Waals surface area contributed by atoms with Crippen LogP contribution in [-0.2, 0) is 16.1 Å². The van der Waals surface area contributed by atoms with Gasteiger partial charge in [0.15, 0.2) is 0 Å². The smallest absolute Gasteiger partial charge is 0.230 e. The van der Waals surface area contributed by atoms with Crippen molar-refractivity contribution in [2.45, 2.75) is 25.9 Å². The molecule has 1 fully saturated rings. The van der Waals surface area contributed by atoms with Gasteiger partial charge in [0.05, 0.1) is 23.8 Å². The minimum Gasteiger partial charge on any atom is -0.338 e. The van der Waals surface area contributed by atoms with Crippen LogP contribution < -0.4 is 5.32 Å². The summed E-state index contributed by atoms with van der Waals surface area (Å²) in [4.78, 5) is 26.5. The zero-order chi connectivity index (χ0) is 17.3. The molecule has 1 aliphatic heterocycles. The zero-order valence-corrected chi connectivity index (χ0v) is 14.3. The predicted octanol–water partition coefficient (Wildman–Crippen LogP) is 2.71. The Morgan fingerprint density at radius 1 is 1.46 bits per heavy atom. The molecule has 0 radical (unpaired) electrons. The molecule has 1 aromatic heterocycles. The first-order chi connectivity index (χ1) is 11.5. The van der Waals surface area contributed by atoms with E-state index in [0.717, 1.165) is 12.1 Å². The fourth-order valence-electron chi connectivity index (χ4n) is 3.09. The third kappa shape index (κ3) is 3.14. The predicted molar refractivity (Wildman–Crippen MR) is 91.6 cm³/mol. The number of aromatic nitrogens is 2. The summed E-state index contributed by atoms with van der Waals surface area (Å²) in [7, 11) is 1.72. The van der Waals surface area contributed by atoms with Gasteiger partial charge in [-0.25, -0.2) is 0 Å². The van der Waals surface area contributed by atoms with Crippen molar-refractivity contribution in [3.8, 4) is 0 Å². The quantitative estimate of drug-likeness (QED) is 0.925. The van der Waals surface area contributed by atoms with Crippen molar-refractivity contribution in [1.82, 2.24) is 14.7 Å². The number of nitrogens with zero attached hydrogens (tertiary/aromatic N) is 3. The van der Waals surface area contributed by atoms with Crippen LogP contribution in [0.2, 0.25) is 5.02 Å². The third-order valence-electron chi connectivity index (χ3n) is 4.34. The number of carbonyl (C=O) groups is 2. The molecule has 6 nitrogen and oxygen atoms in total. The zero-order valence-electron chi connectivity index (χ0n) is 13.6. The second-order valence-electron chi connectivity index (χ2n) is 5.89. The number of aryl methyl sites for hydroxylation is 1. The van der Waals surface area contributed by atoms with Crippen molar-refractivity contribution in [2.75, 3.05) is 12.4 Å². The van der Waals surface area contributed by atoms with E-state index in [1.807, 2.05) is 19.1 Å². The highest BCUT2D eigenvalue weighted by molar-refractivity contribution is 6.30. The van der Waals surface area contributed by atoms with E-state index in [0.29, 0.717) is 10.7 Å². The maximum Gasteiger partial charge on any atom is 0.230 e. The molecule has 1 aliphatic rings. The number of hydrogen-bond donors (Lipinski definition) is 1. The average molecular weight is 347 g/mol. The molecule has 2 heterocycles. The molecule has 0 aliphatic carbocycles. The molecule has 0 bridgehead atoms. The maximum absolute atomic E-state index is 12.7. The fourth-order valence-corrected chi connectivity index (χ4v) is 3.29. The lowest BCUT2D eigenvalue weighted by Crippen LogP contribution is -2.29. The number of rotatable bonds is 4.